The normalized spacial score (nSPS) is 20.8. The van der Waals surface area contributed by atoms with Crippen LogP contribution in [0.2, 0.25) is 0 Å². The molecule has 1 aromatic carbocycles. The zero-order chi connectivity index (χ0) is 14.1. The van der Waals surface area contributed by atoms with Gasteiger partial charge in [-0.25, -0.2) is 0 Å². The minimum atomic E-state index is -0.397. The van der Waals surface area contributed by atoms with Gasteiger partial charge in [-0.1, -0.05) is 0 Å². The summed E-state index contributed by atoms with van der Waals surface area (Å²) in [7, 11) is 0. The molecule has 0 aliphatic carbocycles. The van der Waals surface area contributed by atoms with Crippen LogP contribution in [0.15, 0.2) is 22.7 Å². The lowest BCUT2D eigenvalue weighted by Crippen LogP contribution is -2.61. The van der Waals surface area contributed by atoms with Crippen LogP contribution in [-0.4, -0.2) is 56.1 Å². The number of amides is 1. The molecule has 0 atom stereocenters. The number of rotatable bonds is 3. The van der Waals surface area contributed by atoms with Gasteiger partial charge in [-0.15, -0.1) is 0 Å². The summed E-state index contributed by atoms with van der Waals surface area (Å²) in [5, 5.41) is 3.32. The quantitative estimate of drug-likeness (QED) is 0.849. The summed E-state index contributed by atoms with van der Waals surface area (Å²) in [4.78, 5) is 16.1. The van der Waals surface area contributed by atoms with Gasteiger partial charge in [0.25, 0.3) is 0 Å². The second kappa shape index (κ2) is 5.71. The third-order valence-electron chi connectivity index (χ3n) is 4.17. The molecule has 2 fully saturated rings. The Kier molecular flexibility index (Phi) is 3.96. The second-order valence-electron chi connectivity index (χ2n) is 5.36. The van der Waals surface area contributed by atoms with Crippen molar-refractivity contribution in [2.75, 3.05) is 44.2 Å². The molecule has 3 N–H and O–H groups in total. The van der Waals surface area contributed by atoms with Crippen LogP contribution in [0.1, 0.15) is 10.4 Å². The van der Waals surface area contributed by atoms with Crippen LogP contribution in [0.3, 0.4) is 0 Å². The number of nitrogens with two attached hydrogens (primary N) is 1. The van der Waals surface area contributed by atoms with Crippen molar-refractivity contribution in [1.29, 1.82) is 0 Å². The van der Waals surface area contributed by atoms with Crippen LogP contribution in [0, 0.1) is 0 Å². The molecule has 20 heavy (non-hydrogen) atoms. The fraction of sp³-hybridized carbons (Fsp3) is 0.500. The first kappa shape index (κ1) is 13.9. The standard InChI is InChI=1S/C14H19BrN4O/c15-13-7-10(1-2-12(13)14(16)20)18-3-5-19(6-4-18)11-8-17-9-11/h1-2,7,11,17H,3-6,8-9H2,(H2,16,20). The van der Waals surface area contributed by atoms with Gasteiger partial charge in [-0.2, -0.15) is 0 Å². The zero-order valence-electron chi connectivity index (χ0n) is 11.3. The Labute approximate surface area is 127 Å². The van der Waals surface area contributed by atoms with Gasteiger partial charge in [0, 0.05) is 55.5 Å². The Bertz CT molecular complexity index is 510. The van der Waals surface area contributed by atoms with Crippen molar-refractivity contribution in [3.63, 3.8) is 0 Å². The summed E-state index contributed by atoms with van der Waals surface area (Å²) in [6.45, 7) is 6.50. The van der Waals surface area contributed by atoms with Gasteiger partial charge in [-0.05, 0) is 34.1 Å². The maximum absolute atomic E-state index is 11.2. The highest BCUT2D eigenvalue weighted by molar-refractivity contribution is 9.10. The van der Waals surface area contributed by atoms with Gasteiger partial charge >= 0.3 is 0 Å². The number of nitrogens with one attached hydrogen (secondary N) is 1. The van der Waals surface area contributed by atoms with Gasteiger partial charge < -0.3 is 16.0 Å². The van der Waals surface area contributed by atoms with Crippen LogP contribution < -0.4 is 16.0 Å². The molecule has 2 heterocycles. The number of carbonyl (C=O) groups excluding carboxylic acids is 1. The van der Waals surface area contributed by atoms with E-state index in [9.17, 15) is 4.79 Å². The number of carbonyl (C=O) groups is 1. The van der Waals surface area contributed by atoms with Gasteiger partial charge in [0.2, 0.25) is 5.91 Å². The van der Waals surface area contributed by atoms with Crippen molar-refractivity contribution in [3.05, 3.63) is 28.2 Å². The molecule has 2 aliphatic rings. The molecular weight excluding hydrogens is 320 g/mol. The van der Waals surface area contributed by atoms with E-state index in [0.717, 1.165) is 55.5 Å². The maximum atomic E-state index is 11.2. The minimum Gasteiger partial charge on any atom is -0.369 e. The summed E-state index contributed by atoms with van der Waals surface area (Å²) in [6.07, 6.45) is 0. The van der Waals surface area contributed by atoms with Gasteiger partial charge in [0.05, 0.1) is 5.56 Å². The molecule has 0 unspecified atom stereocenters. The molecule has 5 nitrogen and oxygen atoms in total. The van der Waals surface area contributed by atoms with E-state index in [0.29, 0.717) is 5.56 Å². The van der Waals surface area contributed by atoms with Gasteiger partial charge in [0.15, 0.2) is 0 Å². The highest BCUT2D eigenvalue weighted by atomic mass is 79.9. The Morgan fingerprint density at radius 2 is 1.95 bits per heavy atom. The van der Waals surface area contributed by atoms with Crippen molar-refractivity contribution >= 4 is 27.5 Å². The molecule has 3 rings (SSSR count). The number of anilines is 1. The fourth-order valence-electron chi connectivity index (χ4n) is 2.78. The summed E-state index contributed by atoms with van der Waals surface area (Å²) in [5.74, 6) is -0.397. The SMILES string of the molecule is NC(=O)c1ccc(N2CCN(C3CNC3)CC2)cc1Br. The number of hydrogen-bond donors (Lipinski definition) is 2. The highest BCUT2D eigenvalue weighted by Crippen LogP contribution is 2.25. The molecule has 6 heteroatoms. The van der Waals surface area contributed by atoms with Crippen molar-refractivity contribution < 1.29 is 4.79 Å². The minimum absolute atomic E-state index is 0.397. The molecule has 0 radical (unpaired) electrons. The molecule has 2 saturated heterocycles. The number of primary amides is 1. The summed E-state index contributed by atoms with van der Waals surface area (Å²) in [5.41, 5.74) is 7.00. The smallest absolute Gasteiger partial charge is 0.249 e. The van der Waals surface area contributed by atoms with Crippen molar-refractivity contribution in [2.45, 2.75) is 6.04 Å². The number of piperazine rings is 1. The summed E-state index contributed by atoms with van der Waals surface area (Å²) >= 11 is 3.42. The van der Waals surface area contributed by atoms with Crippen molar-refractivity contribution in [3.8, 4) is 0 Å². The third-order valence-corrected chi connectivity index (χ3v) is 4.83. The average Bonchev–Trinajstić information content (AvgIpc) is 2.37. The number of halogens is 1. The average molecular weight is 339 g/mol. The predicted octanol–water partition coefficient (Wildman–Crippen LogP) is 0.642. The largest absolute Gasteiger partial charge is 0.369 e. The Hall–Kier alpha value is -1.11. The van der Waals surface area contributed by atoms with E-state index in [1.54, 1.807) is 6.07 Å². The molecule has 0 aromatic heterocycles. The van der Waals surface area contributed by atoms with Gasteiger partial charge in [0.1, 0.15) is 0 Å². The van der Waals surface area contributed by atoms with E-state index < -0.39 is 5.91 Å². The first-order chi connectivity index (χ1) is 9.65. The fourth-order valence-corrected chi connectivity index (χ4v) is 3.34. The van der Waals surface area contributed by atoms with Crippen molar-refractivity contribution in [2.24, 2.45) is 5.73 Å². The van der Waals surface area contributed by atoms with E-state index in [-0.39, 0.29) is 0 Å². The highest BCUT2D eigenvalue weighted by Gasteiger charge is 2.27. The van der Waals surface area contributed by atoms with E-state index >= 15 is 0 Å². The van der Waals surface area contributed by atoms with E-state index in [2.05, 4.69) is 31.0 Å². The first-order valence-electron chi connectivity index (χ1n) is 6.94. The summed E-state index contributed by atoms with van der Waals surface area (Å²) in [6, 6.07) is 6.48. The zero-order valence-corrected chi connectivity index (χ0v) is 12.9. The lowest BCUT2D eigenvalue weighted by molar-refractivity contribution is 0.0999. The Morgan fingerprint density at radius 3 is 2.45 bits per heavy atom. The molecule has 0 bridgehead atoms. The van der Waals surface area contributed by atoms with Crippen molar-refractivity contribution in [1.82, 2.24) is 10.2 Å². The van der Waals surface area contributed by atoms with Crippen LogP contribution in [0.5, 0.6) is 0 Å². The lowest BCUT2D eigenvalue weighted by Gasteiger charge is -2.44. The van der Waals surface area contributed by atoms with Crippen LogP contribution in [-0.2, 0) is 0 Å². The predicted molar refractivity (Wildman–Crippen MR) is 83.1 cm³/mol. The second-order valence-corrected chi connectivity index (χ2v) is 6.22. The van der Waals surface area contributed by atoms with E-state index in [1.807, 2.05) is 12.1 Å². The van der Waals surface area contributed by atoms with Gasteiger partial charge in [-0.3, -0.25) is 9.69 Å². The molecule has 1 aromatic rings. The maximum Gasteiger partial charge on any atom is 0.249 e. The molecule has 2 aliphatic heterocycles. The molecule has 108 valence electrons. The monoisotopic (exact) mass is 338 g/mol. The topological polar surface area (TPSA) is 61.6 Å². The molecular formula is C14H19BrN4O. The third kappa shape index (κ3) is 2.68. The molecule has 0 saturated carbocycles. The van der Waals surface area contributed by atoms with E-state index in [4.69, 9.17) is 5.73 Å². The molecule has 0 spiro atoms. The molecule has 1 amide bonds. The lowest BCUT2D eigenvalue weighted by atomic mass is 10.1. The van der Waals surface area contributed by atoms with E-state index in [1.165, 1.54) is 0 Å². The number of hydrogen-bond acceptors (Lipinski definition) is 4. The Balaban J connectivity index is 1.65. The first-order valence-corrected chi connectivity index (χ1v) is 7.73. The summed E-state index contributed by atoms with van der Waals surface area (Å²) < 4.78 is 0.771. The van der Waals surface area contributed by atoms with Crippen LogP contribution >= 0.6 is 15.9 Å². The van der Waals surface area contributed by atoms with Crippen LogP contribution in [0.25, 0.3) is 0 Å². The Morgan fingerprint density at radius 1 is 1.25 bits per heavy atom. The number of benzene rings is 1. The van der Waals surface area contributed by atoms with Crippen LogP contribution in [0.4, 0.5) is 5.69 Å². The number of nitrogens with zero attached hydrogens (tertiary/aromatic N) is 2.